The summed E-state index contributed by atoms with van der Waals surface area (Å²) in [5.74, 6) is -0.607. The third kappa shape index (κ3) is 4.17. The quantitative estimate of drug-likeness (QED) is 0.676. The largest absolute Gasteiger partial charge is 0.457 e. The van der Waals surface area contributed by atoms with Crippen LogP contribution in [0.25, 0.3) is 0 Å². The summed E-state index contributed by atoms with van der Waals surface area (Å²) in [5.41, 5.74) is -0.0535. The Labute approximate surface area is 112 Å². The number of ether oxygens (including phenoxy) is 1. The van der Waals surface area contributed by atoms with Crippen molar-refractivity contribution in [2.75, 3.05) is 0 Å². The molecule has 0 aromatic heterocycles. The topological polar surface area (TPSA) is 46.5 Å². The zero-order valence-corrected chi connectivity index (χ0v) is 11.5. The standard InChI is InChI=1S/C14H17ClO3/c1-9(13(17)18-14(2,3)4)12(16)10-5-7-11(15)8-6-10/h5-8,12,16H,1H2,2-4H3. The second-order valence-electron chi connectivity index (χ2n) is 4.98. The summed E-state index contributed by atoms with van der Waals surface area (Å²) in [6, 6.07) is 6.57. The number of esters is 1. The summed E-state index contributed by atoms with van der Waals surface area (Å²) >= 11 is 5.75. The zero-order valence-electron chi connectivity index (χ0n) is 10.7. The Morgan fingerprint density at radius 1 is 1.33 bits per heavy atom. The molecule has 1 atom stereocenters. The van der Waals surface area contributed by atoms with Gasteiger partial charge in [-0.3, -0.25) is 0 Å². The highest BCUT2D eigenvalue weighted by Gasteiger charge is 2.24. The lowest BCUT2D eigenvalue weighted by atomic mass is 10.0. The number of rotatable bonds is 3. The fourth-order valence-electron chi connectivity index (χ4n) is 1.30. The average Bonchev–Trinajstić information content (AvgIpc) is 2.26. The summed E-state index contributed by atoms with van der Waals surface area (Å²) in [4.78, 5) is 11.7. The van der Waals surface area contributed by atoms with Crippen molar-refractivity contribution in [2.24, 2.45) is 0 Å². The van der Waals surface area contributed by atoms with Gasteiger partial charge in [-0.05, 0) is 38.5 Å². The lowest BCUT2D eigenvalue weighted by Gasteiger charge is -2.22. The lowest BCUT2D eigenvalue weighted by molar-refractivity contribution is -0.151. The molecule has 4 heteroatoms. The predicted molar refractivity (Wildman–Crippen MR) is 71.4 cm³/mol. The van der Waals surface area contributed by atoms with Crippen LogP contribution < -0.4 is 0 Å². The van der Waals surface area contributed by atoms with E-state index in [9.17, 15) is 9.90 Å². The van der Waals surface area contributed by atoms with Crippen LogP contribution in [-0.4, -0.2) is 16.7 Å². The number of hydrogen-bond donors (Lipinski definition) is 1. The number of carbonyl (C=O) groups excluding carboxylic acids is 1. The second kappa shape index (κ2) is 5.55. The Balaban J connectivity index is 2.78. The molecule has 0 aliphatic heterocycles. The van der Waals surface area contributed by atoms with Crippen molar-refractivity contribution in [3.05, 3.63) is 47.0 Å². The maximum absolute atomic E-state index is 11.7. The molecule has 0 aliphatic rings. The normalized spacial score (nSPS) is 12.9. The van der Waals surface area contributed by atoms with Crippen molar-refractivity contribution in [2.45, 2.75) is 32.5 Å². The van der Waals surface area contributed by atoms with Gasteiger partial charge in [-0.2, -0.15) is 0 Å². The van der Waals surface area contributed by atoms with E-state index >= 15 is 0 Å². The first-order chi connectivity index (χ1) is 8.20. The second-order valence-corrected chi connectivity index (χ2v) is 5.42. The number of benzene rings is 1. The van der Waals surface area contributed by atoms with Crippen LogP contribution in [0.1, 0.15) is 32.4 Å². The van der Waals surface area contributed by atoms with Gasteiger partial charge in [0.25, 0.3) is 0 Å². The van der Waals surface area contributed by atoms with Gasteiger partial charge < -0.3 is 9.84 Å². The third-order valence-corrected chi connectivity index (χ3v) is 2.43. The third-order valence-electron chi connectivity index (χ3n) is 2.18. The fourth-order valence-corrected chi connectivity index (χ4v) is 1.43. The molecule has 3 nitrogen and oxygen atoms in total. The van der Waals surface area contributed by atoms with Crippen molar-refractivity contribution in [3.8, 4) is 0 Å². The van der Waals surface area contributed by atoms with Crippen LogP contribution in [0.3, 0.4) is 0 Å². The van der Waals surface area contributed by atoms with E-state index in [1.165, 1.54) is 0 Å². The van der Waals surface area contributed by atoms with E-state index in [0.29, 0.717) is 10.6 Å². The van der Waals surface area contributed by atoms with Crippen LogP contribution in [0.4, 0.5) is 0 Å². The first-order valence-electron chi connectivity index (χ1n) is 5.56. The molecule has 98 valence electrons. The van der Waals surface area contributed by atoms with Crippen LogP contribution in [0.2, 0.25) is 5.02 Å². The van der Waals surface area contributed by atoms with Gasteiger partial charge in [-0.1, -0.05) is 30.3 Å². The van der Waals surface area contributed by atoms with Crippen molar-refractivity contribution < 1.29 is 14.6 Å². The van der Waals surface area contributed by atoms with Gasteiger partial charge in [0.1, 0.15) is 11.7 Å². The van der Waals surface area contributed by atoms with Crippen molar-refractivity contribution >= 4 is 17.6 Å². The fraction of sp³-hybridized carbons (Fsp3) is 0.357. The van der Waals surface area contributed by atoms with Crippen molar-refractivity contribution in [1.82, 2.24) is 0 Å². The van der Waals surface area contributed by atoms with E-state index in [2.05, 4.69) is 6.58 Å². The van der Waals surface area contributed by atoms with Gasteiger partial charge in [-0.25, -0.2) is 4.79 Å². The van der Waals surface area contributed by atoms with Gasteiger partial charge in [0.15, 0.2) is 0 Å². The van der Waals surface area contributed by atoms with Crippen LogP contribution in [0.5, 0.6) is 0 Å². The highest BCUT2D eigenvalue weighted by molar-refractivity contribution is 6.30. The molecular weight excluding hydrogens is 252 g/mol. The number of hydrogen-bond acceptors (Lipinski definition) is 3. The molecule has 0 aliphatic carbocycles. The number of carbonyl (C=O) groups is 1. The minimum Gasteiger partial charge on any atom is -0.457 e. The number of aliphatic hydroxyl groups is 1. The highest BCUT2D eigenvalue weighted by Crippen LogP contribution is 2.24. The molecule has 1 N–H and O–H groups in total. The molecule has 1 rings (SSSR count). The molecule has 18 heavy (non-hydrogen) atoms. The molecule has 1 aromatic rings. The molecule has 0 bridgehead atoms. The zero-order chi connectivity index (χ0) is 13.9. The summed E-state index contributed by atoms with van der Waals surface area (Å²) < 4.78 is 5.14. The van der Waals surface area contributed by atoms with Crippen molar-refractivity contribution in [1.29, 1.82) is 0 Å². The average molecular weight is 269 g/mol. The molecule has 0 amide bonds. The van der Waals surface area contributed by atoms with E-state index in [4.69, 9.17) is 16.3 Å². The van der Waals surface area contributed by atoms with E-state index in [1.807, 2.05) is 0 Å². The molecule has 1 unspecified atom stereocenters. The van der Waals surface area contributed by atoms with Gasteiger partial charge >= 0.3 is 5.97 Å². The number of halogens is 1. The summed E-state index contributed by atoms with van der Waals surface area (Å²) in [5, 5.41) is 10.6. The van der Waals surface area contributed by atoms with Crippen LogP contribution in [0.15, 0.2) is 36.4 Å². The Bertz CT molecular complexity index is 443. The minimum atomic E-state index is -1.09. The van der Waals surface area contributed by atoms with Crippen LogP contribution in [0, 0.1) is 0 Å². The molecule has 0 radical (unpaired) electrons. The van der Waals surface area contributed by atoms with Gasteiger partial charge in [0.2, 0.25) is 0 Å². The predicted octanol–water partition coefficient (Wildman–Crippen LogP) is 3.27. The van der Waals surface area contributed by atoms with E-state index in [0.717, 1.165) is 0 Å². The first kappa shape index (κ1) is 14.7. The molecule has 0 fully saturated rings. The summed E-state index contributed by atoms with van der Waals surface area (Å²) in [6.45, 7) is 8.85. The highest BCUT2D eigenvalue weighted by atomic mass is 35.5. The van der Waals surface area contributed by atoms with Crippen LogP contribution >= 0.6 is 11.6 Å². The van der Waals surface area contributed by atoms with E-state index in [-0.39, 0.29) is 5.57 Å². The maximum atomic E-state index is 11.7. The SMILES string of the molecule is C=C(C(=O)OC(C)(C)C)C(O)c1ccc(Cl)cc1. The molecule has 0 saturated heterocycles. The van der Waals surface area contributed by atoms with E-state index in [1.54, 1.807) is 45.0 Å². The lowest BCUT2D eigenvalue weighted by Crippen LogP contribution is -2.26. The van der Waals surface area contributed by atoms with Crippen molar-refractivity contribution in [3.63, 3.8) is 0 Å². The Kier molecular flexibility index (Phi) is 4.54. The van der Waals surface area contributed by atoms with Gasteiger partial charge in [0, 0.05) is 5.02 Å². The smallest absolute Gasteiger partial charge is 0.336 e. The molecule has 0 saturated carbocycles. The Morgan fingerprint density at radius 3 is 2.28 bits per heavy atom. The van der Waals surface area contributed by atoms with E-state index < -0.39 is 17.7 Å². The summed E-state index contributed by atoms with van der Waals surface area (Å²) in [7, 11) is 0. The Hall–Kier alpha value is -1.32. The van der Waals surface area contributed by atoms with Gasteiger partial charge in [0.05, 0.1) is 5.57 Å². The monoisotopic (exact) mass is 268 g/mol. The molecule has 0 heterocycles. The van der Waals surface area contributed by atoms with Crippen LogP contribution in [-0.2, 0) is 9.53 Å². The molecule has 0 spiro atoms. The minimum absolute atomic E-state index is 0.00671. The number of aliphatic hydroxyl groups excluding tert-OH is 1. The maximum Gasteiger partial charge on any atom is 0.336 e. The van der Waals surface area contributed by atoms with Gasteiger partial charge in [-0.15, -0.1) is 0 Å². The molecular formula is C14H17ClO3. The molecule has 1 aromatic carbocycles. The first-order valence-corrected chi connectivity index (χ1v) is 5.94. The summed E-state index contributed by atoms with van der Waals surface area (Å²) in [6.07, 6.45) is -1.09. The Morgan fingerprint density at radius 2 is 1.83 bits per heavy atom.